The molecule has 2 heterocycles. The van der Waals surface area contributed by atoms with E-state index in [-0.39, 0.29) is 35.0 Å². The summed E-state index contributed by atoms with van der Waals surface area (Å²) in [5.41, 5.74) is 2.17. The second-order valence-corrected chi connectivity index (χ2v) is 10.8. The predicted molar refractivity (Wildman–Crippen MR) is 134 cm³/mol. The van der Waals surface area contributed by atoms with Gasteiger partial charge in [0, 0.05) is 25.2 Å². The summed E-state index contributed by atoms with van der Waals surface area (Å²) in [6.07, 6.45) is 1.89. The molecule has 1 atom stereocenters. The number of nitrogens with zero attached hydrogens (tertiary/aromatic N) is 1. The fourth-order valence-corrected chi connectivity index (χ4v) is 5.87. The average Bonchev–Trinajstić information content (AvgIpc) is 2.88. The fourth-order valence-electron chi connectivity index (χ4n) is 4.63. The topological polar surface area (TPSA) is 122 Å². The van der Waals surface area contributed by atoms with Crippen LogP contribution >= 0.6 is 0 Å². The van der Waals surface area contributed by atoms with Gasteiger partial charge in [-0.15, -0.1) is 0 Å². The molecule has 0 unspecified atom stereocenters. The maximum atomic E-state index is 13.5. The molecular formula is C26H31N3O6S. The molecule has 2 amide bonds. The summed E-state index contributed by atoms with van der Waals surface area (Å²) in [4.78, 5) is 38.9. The van der Waals surface area contributed by atoms with Crippen LogP contribution in [0.4, 0.5) is 5.69 Å². The van der Waals surface area contributed by atoms with Crippen LogP contribution in [0.1, 0.15) is 37.3 Å². The minimum absolute atomic E-state index is 0.0456. The molecule has 2 aromatic carbocycles. The van der Waals surface area contributed by atoms with Gasteiger partial charge in [0.1, 0.15) is 6.04 Å². The molecule has 2 aliphatic rings. The van der Waals surface area contributed by atoms with Crippen LogP contribution in [0.15, 0.2) is 53.4 Å². The summed E-state index contributed by atoms with van der Waals surface area (Å²) in [5, 5.41) is 2.74. The summed E-state index contributed by atoms with van der Waals surface area (Å²) in [6, 6.07) is 12.8. The van der Waals surface area contributed by atoms with Crippen molar-refractivity contribution in [1.82, 2.24) is 9.62 Å². The number of piperidine rings is 1. The lowest BCUT2D eigenvalue weighted by molar-refractivity contribution is -0.151. The maximum absolute atomic E-state index is 13.5. The zero-order valence-electron chi connectivity index (χ0n) is 20.2. The van der Waals surface area contributed by atoms with Crippen molar-refractivity contribution in [3.05, 3.63) is 59.7 Å². The largest absolute Gasteiger partial charge is 0.466 e. The number of benzene rings is 2. The lowest BCUT2D eigenvalue weighted by atomic mass is 9.96. The highest BCUT2D eigenvalue weighted by atomic mass is 32.2. The van der Waals surface area contributed by atoms with Gasteiger partial charge in [0.25, 0.3) is 0 Å². The Hall–Kier alpha value is -3.24. The summed E-state index contributed by atoms with van der Waals surface area (Å²) in [7, 11) is -4.03. The molecule has 36 heavy (non-hydrogen) atoms. The van der Waals surface area contributed by atoms with E-state index >= 15 is 0 Å². The van der Waals surface area contributed by atoms with E-state index in [9.17, 15) is 22.8 Å². The van der Waals surface area contributed by atoms with Crippen LogP contribution in [0, 0.1) is 5.92 Å². The van der Waals surface area contributed by atoms with Gasteiger partial charge in [0.2, 0.25) is 21.8 Å². The Bertz CT molecular complexity index is 1220. The maximum Gasteiger partial charge on any atom is 0.309 e. The van der Waals surface area contributed by atoms with E-state index in [1.54, 1.807) is 24.0 Å². The Morgan fingerprint density at radius 1 is 1.11 bits per heavy atom. The van der Waals surface area contributed by atoms with E-state index in [4.69, 9.17) is 4.74 Å². The molecule has 0 aromatic heterocycles. The zero-order valence-corrected chi connectivity index (χ0v) is 21.1. The van der Waals surface area contributed by atoms with Crippen molar-refractivity contribution >= 4 is 33.5 Å². The van der Waals surface area contributed by atoms with Crippen molar-refractivity contribution in [3.63, 3.8) is 0 Å². The molecule has 0 radical (unpaired) electrons. The first-order valence-corrected chi connectivity index (χ1v) is 13.7. The number of aryl methyl sites for hydroxylation is 1. The van der Waals surface area contributed by atoms with Gasteiger partial charge in [0.05, 0.1) is 17.4 Å². The molecule has 192 valence electrons. The van der Waals surface area contributed by atoms with Gasteiger partial charge in [-0.3, -0.25) is 14.4 Å². The number of nitrogens with one attached hydrogen (secondary N) is 2. The molecular weight excluding hydrogens is 482 g/mol. The molecule has 1 saturated heterocycles. The average molecular weight is 514 g/mol. The van der Waals surface area contributed by atoms with Gasteiger partial charge in [0.15, 0.2) is 0 Å². The molecule has 9 nitrogen and oxygen atoms in total. The van der Waals surface area contributed by atoms with E-state index in [0.717, 1.165) is 11.1 Å². The Morgan fingerprint density at radius 2 is 1.83 bits per heavy atom. The van der Waals surface area contributed by atoms with E-state index in [1.165, 1.54) is 6.07 Å². The molecule has 2 N–H and O–H groups in total. The van der Waals surface area contributed by atoms with E-state index in [1.807, 2.05) is 30.3 Å². The minimum atomic E-state index is -4.03. The number of carbonyl (C=O) groups is 3. The van der Waals surface area contributed by atoms with Gasteiger partial charge in [-0.2, -0.15) is 4.72 Å². The Labute approximate surface area is 211 Å². The number of fused-ring (bicyclic) bond motifs is 1. The molecule has 0 bridgehead atoms. The van der Waals surface area contributed by atoms with Crippen molar-refractivity contribution < 1.29 is 27.5 Å². The Morgan fingerprint density at radius 3 is 2.53 bits per heavy atom. The number of hydrogen-bond donors (Lipinski definition) is 2. The fraction of sp³-hybridized carbons (Fsp3) is 0.423. The molecule has 4 rings (SSSR count). The first-order chi connectivity index (χ1) is 17.3. The number of esters is 1. The van der Waals surface area contributed by atoms with Crippen molar-refractivity contribution in [1.29, 1.82) is 0 Å². The first kappa shape index (κ1) is 25.8. The van der Waals surface area contributed by atoms with Crippen LogP contribution in [-0.4, -0.2) is 56.8 Å². The van der Waals surface area contributed by atoms with Crippen LogP contribution in [0.5, 0.6) is 0 Å². The number of ether oxygens (including phenoxy) is 1. The molecule has 10 heteroatoms. The van der Waals surface area contributed by atoms with Crippen LogP contribution in [0.25, 0.3) is 0 Å². The summed E-state index contributed by atoms with van der Waals surface area (Å²) >= 11 is 0. The van der Waals surface area contributed by atoms with Gasteiger partial charge < -0.3 is 15.0 Å². The predicted octanol–water partition coefficient (Wildman–Crippen LogP) is 2.26. The molecule has 2 aromatic rings. The third-order valence-electron chi connectivity index (χ3n) is 6.59. The number of hydrogen-bond acceptors (Lipinski definition) is 6. The number of sulfonamides is 1. The number of amides is 2. The van der Waals surface area contributed by atoms with Gasteiger partial charge in [-0.05, 0) is 61.9 Å². The van der Waals surface area contributed by atoms with Crippen LogP contribution in [0.3, 0.4) is 0 Å². The molecule has 0 spiro atoms. The summed E-state index contributed by atoms with van der Waals surface area (Å²) < 4.78 is 34.4. The molecule has 2 aliphatic heterocycles. The van der Waals surface area contributed by atoms with Crippen molar-refractivity contribution in [3.8, 4) is 0 Å². The second kappa shape index (κ2) is 11.2. The van der Waals surface area contributed by atoms with Crippen molar-refractivity contribution in [2.24, 2.45) is 5.92 Å². The number of anilines is 1. The quantitative estimate of drug-likeness (QED) is 0.522. The number of rotatable bonds is 8. The smallest absolute Gasteiger partial charge is 0.309 e. The van der Waals surface area contributed by atoms with Crippen LogP contribution in [0.2, 0.25) is 0 Å². The monoisotopic (exact) mass is 513 g/mol. The highest BCUT2D eigenvalue weighted by Gasteiger charge is 2.34. The normalized spacial score (nSPS) is 17.1. The summed E-state index contributed by atoms with van der Waals surface area (Å²) in [5.74, 6) is -0.935. The van der Waals surface area contributed by atoms with Crippen molar-refractivity contribution in [2.45, 2.75) is 50.0 Å². The highest BCUT2D eigenvalue weighted by molar-refractivity contribution is 7.89. The third-order valence-corrected chi connectivity index (χ3v) is 8.06. The van der Waals surface area contributed by atoms with Gasteiger partial charge >= 0.3 is 5.97 Å². The minimum Gasteiger partial charge on any atom is -0.466 e. The standard InChI is InChI=1S/C26H31N3O6S/c1-2-35-26(32)19-12-14-29(15-13-19)25(31)23(16-18-6-4-3-5-7-18)28-36(33,34)21-9-10-22-20(17-21)8-11-24(30)27-22/h3-7,9-10,17,19,23,28H,2,8,11-16H2,1H3,(H,27,30)/t23-/m0/s1. The van der Waals surface area contributed by atoms with E-state index < -0.39 is 16.1 Å². The third kappa shape index (κ3) is 6.11. The first-order valence-electron chi connectivity index (χ1n) is 12.2. The molecule has 0 aliphatic carbocycles. The lowest BCUT2D eigenvalue weighted by Gasteiger charge is -2.33. The van der Waals surface area contributed by atoms with Gasteiger partial charge in [-0.25, -0.2) is 8.42 Å². The second-order valence-electron chi connectivity index (χ2n) is 9.08. The molecule has 1 fully saturated rings. The molecule has 0 saturated carbocycles. The lowest BCUT2D eigenvalue weighted by Crippen LogP contribution is -2.52. The van der Waals surface area contributed by atoms with Crippen molar-refractivity contribution in [2.75, 3.05) is 25.0 Å². The van der Waals surface area contributed by atoms with Gasteiger partial charge in [-0.1, -0.05) is 30.3 Å². The Balaban J connectivity index is 1.52. The SMILES string of the molecule is CCOC(=O)C1CCN(C(=O)[C@H](Cc2ccccc2)NS(=O)(=O)c2ccc3c(c2)CCC(=O)N3)CC1. The Kier molecular flexibility index (Phi) is 8.05. The van der Waals surface area contributed by atoms with E-state index in [2.05, 4.69) is 10.0 Å². The van der Waals surface area contributed by atoms with E-state index in [0.29, 0.717) is 51.1 Å². The van der Waals surface area contributed by atoms with Crippen LogP contribution < -0.4 is 10.0 Å². The zero-order chi connectivity index (χ0) is 25.7. The summed E-state index contributed by atoms with van der Waals surface area (Å²) in [6.45, 7) is 2.78. The highest BCUT2D eigenvalue weighted by Crippen LogP contribution is 2.26. The van der Waals surface area contributed by atoms with Crippen LogP contribution in [-0.2, 0) is 42.0 Å². The number of likely N-dealkylation sites (tertiary alicyclic amines) is 1. The number of carbonyl (C=O) groups excluding carboxylic acids is 3.